The lowest BCUT2D eigenvalue weighted by atomic mass is 10.1. The fourth-order valence-corrected chi connectivity index (χ4v) is 3.51. The van der Waals surface area contributed by atoms with Gasteiger partial charge in [0, 0.05) is 19.9 Å². The Morgan fingerprint density at radius 3 is 2.63 bits per heavy atom. The number of nitrogens with one attached hydrogen (secondary N) is 1. The molecule has 2 rings (SSSR count). The van der Waals surface area contributed by atoms with Crippen LogP contribution in [0.5, 0.6) is 11.5 Å². The number of methoxy groups -OCH3 is 2. The van der Waals surface area contributed by atoms with Crippen LogP contribution in [0.1, 0.15) is 31.7 Å². The van der Waals surface area contributed by atoms with E-state index in [1.165, 1.54) is 11.8 Å². The van der Waals surface area contributed by atoms with Gasteiger partial charge in [-0.15, -0.1) is 6.58 Å². The van der Waals surface area contributed by atoms with Gasteiger partial charge in [-0.2, -0.15) is 0 Å². The van der Waals surface area contributed by atoms with Crippen LogP contribution in [-0.2, 0) is 25.5 Å². The summed E-state index contributed by atoms with van der Waals surface area (Å²) in [6.07, 6.45) is 3.64. The zero-order valence-corrected chi connectivity index (χ0v) is 17.8. The Balaban J connectivity index is 1.94. The molecule has 1 unspecified atom stereocenters. The maximum atomic E-state index is 12.8. The second-order valence-electron chi connectivity index (χ2n) is 7.07. The molecule has 0 bridgehead atoms. The van der Waals surface area contributed by atoms with Gasteiger partial charge in [-0.25, -0.2) is 4.79 Å². The number of hydrogen-bond acceptors (Lipinski definition) is 6. The molecule has 0 saturated carbocycles. The lowest BCUT2D eigenvalue weighted by Crippen LogP contribution is -2.51. The number of amides is 2. The molecule has 30 heavy (non-hydrogen) atoms. The van der Waals surface area contributed by atoms with Gasteiger partial charge in [0.1, 0.15) is 12.1 Å². The van der Waals surface area contributed by atoms with Crippen molar-refractivity contribution >= 4 is 17.8 Å². The average molecular weight is 418 g/mol. The third kappa shape index (κ3) is 5.98. The number of carbonyl (C=O) groups excluding carboxylic acids is 3. The Hall–Kier alpha value is -3.03. The van der Waals surface area contributed by atoms with Gasteiger partial charge in [-0.05, 0) is 37.0 Å². The molecule has 0 spiro atoms. The summed E-state index contributed by atoms with van der Waals surface area (Å²) in [6, 6.07) is 4.16. The van der Waals surface area contributed by atoms with Crippen LogP contribution in [0.2, 0.25) is 0 Å². The van der Waals surface area contributed by atoms with E-state index in [2.05, 4.69) is 11.9 Å². The molecule has 8 heteroatoms. The van der Waals surface area contributed by atoms with E-state index in [-0.39, 0.29) is 18.4 Å². The molecule has 0 aliphatic carbocycles. The van der Waals surface area contributed by atoms with Crippen molar-refractivity contribution in [3.63, 3.8) is 0 Å². The van der Waals surface area contributed by atoms with Crippen molar-refractivity contribution in [2.24, 2.45) is 0 Å². The third-order valence-corrected chi connectivity index (χ3v) is 4.97. The normalized spacial score (nSPS) is 16.5. The Morgan fingerprint density at radius 1 is 1.27 bits per heavy atom. The molecular weight excluding hydrogens is 388 g/mol. The molecule has 0 radical (unpaired) electrons. The van der Waals surface area contributed by atoms with Gasteiger partial charge in [-0.3, -0.25) is 9.59 Å². The van der Waals surface area contributed by atoms with Crippen LogP contribution in [0, 0.1) is 0 Å². The fraction of sp³-hybridized carbons (Fsp3) is 0.500. The van der Waals surface area contributed by atoms with Crippen molar-refractivity contribution in [3.05, 3.63) is 36.4 Å². The molecule has 1 heterocycles. The quantitative estimate of drug-likeness (QED) is 0.460. The van der Waals surface area contributed by atoms with E-state index in [1.54, 1.807) is 26.4 Å². The zero-order chi connectivity index (χ0) is 22.1. The summed E-state index contributed by atoms with van der Waals surface area (Å²) in [6.45, 7) is 5.64. The topological polar surface area (TPSA) is 94.2 Å². The Morgan fingerprint density at radius 2 is 2.00 bits per heavy atom. The van der Waals surface area contributed by atoms with Crippen LogP contribution in [-0.4, -0.2) is 62.1 Å². The first kappa shape index (κ1) is 23.3. The number of carbonyl (C=O) groups is 3. The van der Waals surface area contributed by atoms with Crippen molar-refractivity contribution < 1.29 is 28.6 Å². The number of benzene rings is 1. The van der Waals surface area contributed by atoms with Crippen LogP contribution >= 0.6 is 0 Å². The molecule has 2 amide bonds. The van der Waals surface area contributed by atoms with Crippen LogP contribution in [0.3, 0.4) is 0 Å². The summed E-state index contributed by atoms with van der Waals surface area (Å²) in [4.78, 5) is 38.4. The maximum absolute atomic E-state index is 12.8. The van der Waals surface area contributed by atoms with Crippen molar-refractivity contribution in [1.29, 1.82) is 0 Å². The average Bonchev–Trinajstić information content (AvgIpc) is 3.22. The molecule has 8 nitrogen and oxygen atoms in total. The highest BCUT2D eigenvalue weighted by Gasteiger charge is 2.38. The fourth-order valence-electron chi connectivity index (χ4n) is 3.51. The summed E-state index contributed by atoms with van der Waals surface area (Å²) in [5.74, 6) is 0.223. The number of esters is 1. The number of hydrogen-bond donors (Lipinski definition) is 1. The van der Waals surface area contributed by atoms with Crippen molar-refractivity contribution in [2.45, 2.75) is 44.7 Å². The summed E-state index contributed by atoms with van der Waals surface area (Å²) in [5, 5.41) is 2.63. The smallest absolute Gasteiger partial charge is 0.328 e. The largest absolute Gasteiger partial charge is 0.493 e. The number of nitrogens with zero attached hydrogens (tertiary/aromatic N) is 1. The Kier molecular flexibility index (Phi) is 8.70. The second-order valence-corrected chi connectivity index (χ2v) is 7.07. The SMILES string of the molecule is C=CCC(NC(C)=O)C(=O)N1CCC[C@H]1C(=O)OCCc1ccc(OC)c(OC)c1. The monoisotopic (exact) mass is 418 g/mol. The van der Waals surface area contributed by atoms with E-state index in [0.29, 0.717) is 43.7 Å². The molecule has 2 atom stereocenters. The lowest BCUT2D eigenvalue weighted by Gasteiger charge is -2.27. The van der Waals surface area contributed by atoms with Crippen LogP contribution in [0.15, 0.2) is 30.9 Å². The van der Waals surface area contributed by atoms with E-state index in [0.717, 1.165) is 5.56 Å². The number of rotatable bonds is 10. The molecule has 1 saturated heterocycles. The van der Waals surface area contributed by atoms with Crippen LogP contribution in [0.4, 0.5) is 0 Å². The van der Waals surface area contributed by atoms with Crippen LogP contribution < -0.4 is 14.8 Å². The highest BCUT2D eigenvalue weighted by atomic mass is 16.5. The van der Waals surface area contributed by atoms with Gasteiger partial charge in [-0.1, -0.05) is 12.1 Å². The molecule has 1 aliphatic heterocycles. The molecular formula is C22H30N2O6. The Bertz CT molecular complexity index is 779. The Labute approximate surface area is 177 Å². The minimum atomic E-state index is -0.722. The van der Waals surface area contributed by atoms with Gasteiger partial charge >= 0.3 is 5.97 Å². The van der Waals surface area contributed by atoms with Gasteiger partial charge in [0.25, 0.3) is 0 Å². The number of likely N-dealkylation sites (tertiary alicyclic amines) is 1. The maximum Gasteiger partial charge on any atom is 0.328 e. The molecule has 1 N–H and O–H groups in total. The standard InChI is InChI=1S/C22H30N2O6/c1-5-7-17(23-15(2)25)21(26)24-12-6-8-18(24)22(27)30-13-11-16-9-10-19(28-3)20(14-16)29-4/h5,9-10,14,17-18H,1,6-8,11-13H2,2-4H3,(H,23,25)/t17?,18-/m0/s1. The molecule has 1 aromatic rings. The molecule has 1 aromatic carbocycles. The summed E-state index contributed by atoms with van der Waals surface area (Å²) >= 11 is 0. The van der Waals surface area contributed by atoms with Gasteiger partial charge in [0.05, 0.1) is 20.8 Å². The van der Waals surface area contributed by atoms with Crippen molar-refractivity contribution in [3.8, 4) is 11.5 Å². The first-order valence-electron chi connectivity index (χ1n) is 9.97. The number of ether oxygens (including phenoxy) is 3. The van der Waals surface area contributed by atoms with E-state index in [9.17, 15) is 14.4 Å². The lowest BCUT2D eigenvalue weighted by molar-refractivity contribution is -0.154. The van der Waals surface area contributed by atoms with Gasteiger partial charge in [0.15, 0.2) is 11.5 Å². The van der Waals surface area contributed by atoms with E-state index < -0.39 is 18.1 Å². The first-order valence-corrected chi connectivity index (χ1v) is 9.97. The molecule has 164 valence electrons. The predicted molar refractivity (Wildman–Crippen MR) is 111 cm³/mol. The third-order valence-electron chi connectivity index (χ3n) is 4.97. The van der Waals surface area contributed by atoms with E-state index in [4.69, 9.17) is 14.2 Å². The molecule has 1 aliphatic rings. The summed E-state index contributed by atoms with van der Waals surface area (Å²) < 4.78 is 15.9. The van der Waals surface area contributed by atoms with Crippen LogP contribution in [0.25, 0.3) is 0 Å². The van der Waals surface area contributed by atoms with E-state index >= 15 is 0 Å². The van der Waals surface area contributed by atoms with Crippen molar-refractivity contribution in [1.82, 2.24) is 10.2 Å². The van der Waals surface area contributed by atoms with E-state index in [1.807, 2.05) is 12.1 Å². The van der Waals surface area contributed by atoms with Gasteiger partial charge in [0.2, 0.25) is 11.8 Å². The first-order chi connectivity index (χ1) is 14.4. The zero-order valence-electron chi connectivity index (χ0n) is 17.8. The molecule has 0 aromatic heterocycles. The highest BCUT2D eigenvalue weighted by molar-refractivity contribution is 5.90. The molecule has 1 fully saturated rings. The predicted octanol–water partition coefficient (Wildman–Crippen LogP) is 1.86. The minimum absolute atomic E-state index is 0.189. The summed E-state index contributed by atoms with van der Waals surface area (Å²) in [7, 11) is 3.13. The van der Waals surface area contributed by atoms with Gasteiger partial charge < -0.3 is 24.4 Å². The second kappa shape index (κ2) is 11.2. The van der Waals surface area contributed by atoms with Crippen molar-refractivity contribution in [2.75, 3.05) is 27.4 Å². The summed E-state index contributed by atoms with van der Waals surface area (Å²) in [5.41, 5.74) is 0.941. The minimum Gasteiger partial charge on any atom is -0.493 e. The highest BCUT2D eigenvalue weighted by Crippen LogP contribution is 2.27.